The zero-order chi connectivity index (χ0) is 9.10. The fourth-order valence-electron chi connectivity index (χ4n) is 1.35. The number of benzene rings is 1. The second kappa shape index (κ2) is 3.82. The topological polar surface area (TPSA) is 17.8 Å². The second-order valence-electron chi connectivity index (χ2n) is 3.09. The van der Waals surface area contributed by atoms with Crippen molar-refractivity contribution in [1.29, 1.82) is 0 Å². The van der Waals surface area contributed by atoms with E-state index in [1.807, 2.05) is 36.2 Å². The predicted octanol–water partition coefficient (Wildman–Crippen LogP) is 0.725. The number of aromatic nitrogens is 2. The van der Waals surface area contributed by atoms with E-state index in [9.17, 15) is 0 Å². The number of rotatable bonds is 2. The molecule has 3 heteroatoms. The molecule has 0 unspecified atom stereocenters. The van der Waals surface area contributed by atoms with Crippen LogP contribution in [0.25, 0.3) is 0 Å². The molecule has 0 fully saturated rings. The molecular formula is C10H9LiN2. The van der Waals surface area contributed by atoms with Gasteiger partial charge in [-0.25, -0.2) is 0 Å². The van der Waals surface area contributed by atoms with E-state index in [4.69, 9.17) is 0 Å². The van der Waals surface area contributed by atoms with Crippen LogP contribution in [0.15, 0.2) is 42.7 Å². The standard InChI is InChI=1S/C10H9N2.Li/c1-2-4-10(5-3-1)8-12-7-6-11-9-12;/h1-7H,8H2;. The van der Waals surface area contributed by atoms with E-state index in [0.29, 0.717) is 0 Å². The minimum absolute atomic E-state index is 0.909. The average Bonchev–Trinajstić information content (AvgIpc) is 2.54. The number of hydrogen-bond acceptors (Lipinski definition) is 1. The first-order chi connectivity index (χ1) is 6.36. The van der Waals surface area contributed by atoms with Gasteiger partial charge >= 0.3 is 86.6 Å². The van der Waals surface area contributed by atoms with E-state index in [1.54, 1.807) is 0 Å². The van der Waals surface area contributed by atoms with E-state index in [0.717, 1.165) is 11.0 Å². The quantitative estimate of drug-likeness (QED) is 0.598. The first kappa shape index (κ1) is 8.62. The molecule has 13 heavy (non-hydrogen) atoms. The van der Waals surface area contributed by atoms with Gasteiger partial charge in [-0.05, 0) is 0 Å². The van der Waals surface area contributed by atoms with Crippen LogP contribution < -0.4 is 4.50 Å². The van der Waals surface area contributed by atoms with Crippen LogP contribution in [0.2, 0.25) is 0 Å². The molecule has 60 valence electrons. The number of imidazole rings is 1. The van der Waals surface area contributed by atoms with Gasteiger partial charge < -0.3 is 0 Å². The summed E-state index contributed by atoms with van der Waals surface area (Å²) in [5, 5.41) is 0. The molecule has 0 bridgehead atoms. The van der Waals surface area contributed by atoms with Crippen LogP contribution in [0.5, 0.6) is 0 Å². The third-order valence-electron chi connectivity index (χ3n) is 2.12. The summed E-state index contributed by atoms with van der Waals surface area (Å²) in [6.07, 6.45) is 3.83. The Morgan fingerprint density at radius 2 is 2.00 bits per heavy atom. The molecule has 0 atom stereocenters. The van der Waals surface area contributed by atoms with Crippen molar-refractivity contribution in [3.05, 3.63) is 48.3 Å². The summed E-state index contributed by atoms with van der Waals surface area (Å²) in [6.45, 7) is 0.909. The van der Waals surface area contributed by atoms with Gasteiger partial charge in [-0.2, -0.15) is 0 Å². The molecule has 1 aromatic carbocycles. The molecule has 1 heterocycles. The molecule has 0 radical (unpaired) electrons. The Hall–Kier alpha value is -0.973. The number of hydrogen-bond donors (Lipinski definition) is 0. The van der Waals surface area contributed by atoms with E-state index < -0.39 is 0 Å². The van der Waals surface area contributed by atoms with Gasteiger partial charge in [0.15, 0.2) is 0 Å². The van der Waals surface area contributed by atoms with Crippen molar-refractivity contribution in [3.8, 4) is 0 Å². The summed E-state index contributed by atoms with van der Waals surface area (Å²) in [7, 11) is 0. The van der Waals surface area contributed by atoms with Crippen molar-refractivity contribution in [2.45, 2.75) is 6.54 Å². The molecule has 2 aromatic rings. The van der Waals surface area contributed by atoms with Crippen LogP contribution in [-0.4, -0.2) is 27.3 Å². The molecule has 0 aliphatic carbocycles. The summed E-state index contributed by atoms with van der Waals surface area (Å²) < 4.78 is 3.19. The first-order valence-corrected chi connectivity index (χ1v) is 4.38. The third-order valence-corrected chi connectivity index (χ3v) is 2.12. The zero-order valence-electron chi connectivity index (χ0n) is 7.64. The molecule has 0 saturated heterocycles. The van der Waals surface area contributed by atoms with Crippen LogP contribution in [0.1, 0.15) is 5.56 Å². The Morgan fingerprint density at radius 1 is 1.23 bits per heavy atom. The molecule has 0 spiro atoms. The van der Waals surface area contributed by atoms with Gasteiger partial charge in [0, 0.05) is 0 Å². The summed E-state index contributed by atoms with van der Waals surface area (Å²) in [5.74, 6) is 0. The van der Waals surface area contributed by atoms with Gasteiger partial charge in [-0.1, -0.05) is 0 Å². The van der Waals surface area contributed by atoms with Crippen molar-refractivity contribution >= 4 is 22.2 Å². The van der Waals surface area contributed by atoms with Crippen molar-refractivity contribution in [2.75, 3.05) is 0 Å². The molecule has 0 amide bonds. The predicted molar refractivity (Wildman–Crippen MR) is 53.2 cm³/mol. The number of nitrogens with zero attached hydrogens (tertiary/aromatic N) is 2. The van der Waals surface area contributed by atoms with Crippen LogP contribution in [0.3, 0.4) is 0 Å². The van der Waals surface area contributed by atoms with Gasteiger partial charge in [0.05, 0.1) is 0 Å². The van der Waals surface area contributed by atoms with Gasteiger partial charge in [-0.15, -0.1) is 0 Å². The zero-order valence-corrected chi connectivity index (χ0v) is 7.64. The molecule has 0 aliphatic heterocycles. The Kier molecular flexibility index (Phi) is 2.54. The Morgan fingerprint density at radius 3 is 2.62 bits per heavy atom. The van der Waals surface area contributed by atoms with Crippen LogP contribution in [-0.2, 0) is 6.54 Å². The Bertz CT molecular complexity index is 381. The molecule has 2 rings (SSSR count). The van der Waals surface area contributed by atoms with Crippen molar-refractivity contribution < 1.29 is 0 Å². The van der Waals surface area contributed by atoms with Crippen molar-refractivity contribution in [1.82, 2.24) is 9.55 Å². The molecule has 1 aromatic heterocycles. The van der Waals surface area contributed by atoms with E-state index >= 15 is 0 Å². The summed E-state index contributed by atoms with van der Waals surface area (Å²) >= 11 is 2.02. The SMILES string of the molecule is [Li][c]1nccn1Cc1ccccc1. The van der Waals surface area contributed by atoms with Gasteiger partial charge in [-0.3, -0.25) is 0 Å². The Labute approximate surface area is 86.8 Å². The summed E-state index contributed by atoms with van der Waals surface area (Å²) in [4.78, 5) is 4.18. The second-order valence-corrected chi connectivity index (χ2v) is 3.09. The van der Waals surface area contributed by atoms with E-state index in [1.165, 1.54) is 5.56 Å². The first-order valence-electron chi connectivity index (χ1n) is 4.38. The fraction of sp³-hybridized carbons (Fsp3) is 0.100. The van der Waals surface area contributed by atoms with Crippen LogP contribution >= 0.6 is 0 Å². The van der Waals surface area contributed by atoms with E-state index in [-0.39, 0.29) is 0 Å². The Balaban J connectivity index is 2.20. The fourth-order valence-corrected chi connectivity index (χ4v) is 1.35. The van der Waals surface area contributed by atoms with Gasteiger partial charge in [0.1, 0.15) is 0 Å². The third kappa shape index (κ3) is 2.03. The van der Waals surface area contributed by atoms with Gasteiger partial charge in [0.2, 0.25) is 0 Å². The molecule has 0 aliphatic rings. The summed E-state index contributed by atoms with van der Waals surface area (Å²) in [5.41, 5.74) is 1.31. The van der Waals surface area contributed by atoms with Crippen LogP contribution in [0.4, 0.5) is 0 Å². The molecule has 0 N–H and O–H groups in total. The summed E-state index contributed by atoms with van der Waals surface area (Å²) in [6, 6.07) is 10.4. The van der Waals surface area contributed by atoms with Crippen LogP contribution in [0, 0.1) is 0 Å². The maximum atomic E-state index is 4.18. The van der Waals surface area contributed by atoms with Crippen molar-refractivity contribution in [2.24, 2.45) is 0 Å². The van der Waals surface area contributed by atoms with Crippen molar-refractivity contribution in [3.63, 3.8) is 0 Å². The normalized spacial score (nSPS) is 10.3. The molecule has 0 saturated carbocycles. The monoisotopic (exact) mass is 164 g/mol. The average molecular weight is 164 g/mol. The van der Waals surface area contributed by atoms with E-state index in [2.05, 4.69) is 33.8 Å². The van der Waals surface area contributed by atoms with Gasteiger partial charge in [0.25, 0.3) is 0 Å². The molecule has 2 nitrogen and oxygen atoms in total. The molecular weight excluding hydrogens is 155 g/mol. The maximum absolute atomic E-state index is 4.18. The minimum atomic E-state index is 0.909.